The molecule has 1 aromatic heterocycles. The molecule has 1 saturated heterocycles. The van der Waals surface area contributed by atoms with Crippen LogP contribution in [0.15, 0.2) is 65.3 Å². The van der Waals surface area contributed by atoms with E-state index in [-0.39, 0.29) is 19.6 Å². The van der Waals surface area contributed by atoms with Gasteiger partial charge in [0, 0.05) is 40.0 Å². The van der Waals surface area contributed by atoms with E-state index in [2.05, 4.69) is 21.0 Å². The maximum absolute atomic E-state index is 14.8. The SMILES string of the molecule is Nc1cc(F)c(CCN2C(=O)COC2c2cn(-c3ccc(Br)cc3)nc2-c2ccc(F)cc2)c(F)c1[N+](=O)[O-]. The Morgan fingerprint density at radius 2 is 1.82 bits per heavy atom. The molecule has 2 N–H and O–H groups in total. The summed E-state index contributed by atoms with van der Waals surface area (Å²) in [6.45, 7) is -0.519. The van der Waals surface area contributed by atoms with Crippen molar-refractivity contribution in [2.75, 3.05) is 18.9 Å². The minimum atomic E-state index is -1.39. The standard InChI is InChI=1S/C26H19BrF3N5O4/c27-15-3-7-17(8-4-15)34-12-19(24(32-34)14-1-5-16(28)6-2-14)26-33(22(36)13-39-26)10-9-18-20(29)11-21(31)25(23(18)30)35(37)38/h1-8,11-12,26H,9-10,13,31H2. The number of aromatic nitrogens is 2. The van der Waals surface area contributed by atoms with Gasteiger partial charge >= 0.3 is 5.69 Å². The smallest absolute Gasteiger partial charge is 0.327 e. The van der Waals surface area contributed by atoms with Gasteiger partial charge in [-0.1, -0.05) is 15.9 Å². The van der Waals surface area contributed by atoms with Crippen LogP contribution in [0.5, 0.6) is 0 Å². The van der Waals surface area contributed by atoms with Crippen molar-refractivity contribution in [3.05, 3.63) is 104 Å². The summed E-state index contributed by atoms with van der Waals surface area (Å²) in [6.07, 6.45) is 0.293. The molecule has 1 fully saturated rings. The molecule has 200 valence electrons. The first kappa shape index (κ1) is 26.4. The second-order valence-corrected chi connectivity index (χ2v) is 9.62. The van der Waals surface area contributed by atoms with E-state index in [0.29, 0.717) is 28.6 Å². The van der Waals surface area contributed by atoms with E-state index in [4.69, 9.17) is 10.5 Å². The highest BCUT2D eigenvalue weighted by Gasteiger charge is 2.37. The van der Waals surface area contributed by atoms with Crippen LogP contribution >= 0.6 is 15.9 Å². The fourth-order valence-electron chi connectivity index (χ4n) is 4.39. The third-order valence-electron chi connectivity index (χ3n) is 6.29. The van der Waals surface area contributed by atoms with Crippen molar-refractivity contribution in [3.8, 4) is 16.9 Å². The molecule has 9 nitrogen and oxygen atoms in total. The van der Waals surface area contributed by atoms with Crippen molar-refractivity contribution in [1.82, 2.24) is 14.7 Å². The van der Waals surface area contributed by atoms with Gasteiger partial charge in [0.25, 0.3) is 5.91 Å². The van der Waals surface area contributed by atoms with Crippen molar-refractivity contribution in [3.63, 3.8) is 0 Å². The number of amides is 1. The molecule has 0 aliphatic carbocycles. The van der Waals surface area contributed by atoms with Crippen molar-refractivity contribution in [2.45, 2.75) is 12.6 Å². The van der Waals surface area contributed by atoms with Gasteiger partial charge in [-0.25, -0.2) is 13.5 Å². The van der Waals surface area contributed by atoms with E-state index in [1.54, 1.807) is 10.9 Å². The van der Waals surface area contributed by atoms with Crippen LogP contribution < -0.4 is 5.73 Å². The third-order valence-corrected chi connectivity index (χ3v) is 6.82. The number of benzene rings is 3. The van der Waals surface area contributed by atoms with E-state index in [0.717, 1.165) is 4.47 Å². The summed E-state index contributed by atoms with van der Waals surface area (Å²) in [5.41, 5.74) is 5.31. The van der Waals surface area contributed by atoms with Gasteiger partial charge in [-0.05, 0) is 55.0 Å². The monoisotopic (exact) mass is 601 g/mol. The van der Waals surface area contributed by atoms with Crippen LogP contribution in [0.3, 0.4) is 0 Å². The second-order valence-electron chi connectivity index (χ2n) is 8.71. The molecule has 3 aromatic carbocycles. The number of nitro groups is 1. The lowest BCUT2D eigenvalue weighted by atomic mass is 10.1. The number of hydrogen-bond donors (Lipinski definition) is 1. The highest BCUT2D eigenvalue weighted by Crippen LogP contribution is 2.36. The van der Waals surface area contributed by atoms with E-state index in [9.17, 15) is 28.1 Å². The summed E-state index contributed by atoms with van der Waals surface area (Å²) in [7, 11) is 0. The zero-order valence-corrected chi connectivity index (χ0v) is 21.6. The number of nitrogens with two attached hydrogens (primary N) is 1. The Kier molecular flexibility index (Phi) is 7.10. The maximum Gasteiger partial charge on any atom is 0.327 e. The van der Waals surface area contributed by atoms with Gasteiger partial charge in [-0.2, -0.15) is 9.49 Å². The van der Waals surface area contributed by atoms with E-state index < -0.39 is 51.4 Å². The average Bonchev–Trinajstić information content (AvgIpc) is 3.48. The van der Waals surface area contributed by atoms with Crippen LogP contribution in [-0.4, -0.2) is 38.7 Å². The highest BCUT2D eigenvalue weighted by molar-refractivity contribution is 9.10. The Morgan fingerprint density at radius 3 is 2.49 bits per heavy atom. The molecule has 1 unspecified atom stereocenters. The maximum atomic E-state index is 14.8. The van der Waals surface area contributed by atoms with Crippen molar-refractivity contribution >= 4 is 33.2 Å². The summed E-state index contributed by atoms with van der Waals surface area (Å²) in [4.78, 5) is 24.3. The van der Waals surface area contributed by atoms with Crippen LogP contribution in [0.2, 0.25) is 0 Å². The Labute approximate surface area is 227 Å². The number of anilines is 1. The lowest BCUT2D eigenvalue weighted by Crippen LogP contribution is -2.31. The molecule has 0 bridgehead atoms. The molecule has 1 atom stereocenters. The number of nitrogens with zero attached hydrogens (tertiary/aromatic N) is 4. The van der Waals surface area contributed by atoms with Gasteiger partial charge < -0.3 is 15.4 Å². The van der Waals surface area contributed by atoms with Crippen LogP contribution in [0.4, 0.5) is 24.5 Å². The van der Waals surface area contributed by atoms with Gasteiger partial charge in [0.1, 0.15) is 29.6 Å². The van der Waals surface area contributed by atoms with Gasteiger partial charge in [0.15, 0.2) is 6.23 Å². The van der Waals surface area contributed by atoms with Crippen LogP contribution in [0.1, 0.15) is 17.4 Å². The largest absolute Gasteiger partial charge is 0.393 e. The number of carbonyl (C=O) groups is 1. The molecule has 1 amide bonds. The zero-order chi connectivity index (χ0) is 27.8. The number of rotatable bonds is 7. The fraction of sp³-hybridized carbons (Fsp3) is 0.154. The van der Waals surface area contributed by atoms with Crippen molar-refractivity contribution < 1.29 is 27.6 Å². The summed E-state index contributed by atoms with van der Waals surface area (Å²) in [5, 5.41) is 15.9. The number of hydrogen-bond acceptors (Lipinski definition) is 6. The van der Waals surface area contributed by atoms with E-state index >= 15 is 0 Å². The normalized spacial score (nSPS) is 15.2. The lowest BCUT2D eigenvalue weighted by Gasteiger charge is -2.23. The number of ether oxygens (including phenoxy) is 1. The van der Waals surface area contributed by atoms with Crippen molar-refractivity contribution in [1.29, 1.82) is 0 Å². The summed E-state index contributed by atoms with van der Waals surface area (Å²) in [6, 6.07) is 13.6. The highest BCUT2D eigenvalue weighted by atomic mass is 79.9. The molecule has 0 radical (unpaired) electrons. The molecule has 1 aliphatic heterocycles. The Hall–Kier alpha value is -4.23. The minimum Gasteiger partial charge on any atom is -0.393 e. The van der Waals surface area contributed by atoms with Gasteiger partial charge in [0.05, 0.1) is 10.6 Å². The molecule has 5 rings (SSSR count). The Balaban J connectivity index is 1.52. The fourth-order valence-corrected chi connectivity index (χ4v) is 4.66. The number of nitro benzene ring substituents is 1. The first-order valence-corrected chi connectivity index (χ1v) is 12.4. The molecular formula is C26H19BrF3N5O4. The molecule has 0 spiro atoms. The van der Waals surface area contributed by atoms with Gasteiger partial charge in [-0.15, -0.1) is 0 Å². The minimum absolute atomic E-state index is 0.218. The zero-order valence-electron chi connectivity index (χ0n) is 20.0. The van der Waals surface area contributed by atoms with Crippen LogP contribution in [0, 0.1) is 27.6 Å². The molecular weight excluding hydrogens is 583 g/mol. The van der Waals surface area contributed by atoms with Crippen LogP contribution in [0.25, 0.3) is 16.9 Å². The molecule has 13 heteroatoms. The molecule has 2 heterocycles. The van der Waals surface area contributed by atoms with Crippen molar-refractivity contribution in [2.24, 2.45) is 0 Å². The summed E-state index contributed by atoms with van der Waals surface area (Å²) < 4.78 is 51.2. The number of halogens is 4. The molecule has 4 aromatic rings. The Bertz CT molecular complexity index is 1580. The van der Waals surface area contributed by atoms with Crippen LogP contribution in [-0.2, 0) is 16.0 Å². The number of carbonyl (C=O) groups excluding carboxylic acids is 1. The van der Waals surface area contributed by atoms with Gasteiger partial charge in [0.2, 0.25) is 5.82 Å². The topological polar surface area (TPSA) is 117 Å². The first-order chi connectivity index (χ1) is 18.6. The molecule has 0 saturated carbocycles. The lowest BCUT2D eigenvalue weighted by molar-refractivity contribution is -0.386. The number of nitrogen functional groups attached to an aromatic ring is 1. The Morgan fingerprint density at radius 1 is 1.13 bits per heavy atom. The third kappa shape index (κ3) is 5.10. The first-order valence-electron chi connectivity index (χ1n) is 11.6. The predicted molar refractivity (Wildman–Crippen MR) is 138 cm³/mol. The van der Waals surface area contributed by atoms with E-state index in [1.807, 2.05) is 24.3 Å². The van der Waals surface area contributed by atoms with Gasteiger partial charge in [-0.3, -0.25) is 14.9 Å². The summed E-state index contributed by atoms with van der Waals surface area (Å²) in [5.74, 6) is -3.35. The average molecular weight is 602 g/mol. The molecule has 39 heavy (non-hydrogen) atoms. The van der Waals surface area contributed by atoms with E-state index in [1.165, 1.54) is 29.2 Å². The molecule has 1 aliphatic rings. The summed E-state index contributed by atoms with van der Waals surface area (Å²) >= 11 is 3.39. The predicted octanol–water partition coefficient (Wildman–Crippen LogP) is 5.31. The second kappa shape index (κ2) is 10.5. The quantitative estimate of drug-likeness (QED) is 0.174.